The van der Waals surface area contributed by atoms with E-state index in [2.05, 4.69) is 41.1 Å². The summed E-state index contributed by atoms with van der Waals surface area (Å²) in [6, 6.07) is 40.6. The van der Waals surface area contributed by atoms with E-state index in [1.54, 1.807) is 0 Å². The Labute approximate surface area is 262 Å². The van der Waals surface area contributed by atoms with Gasteiger partial charge in [-0.2, -0.15) is 0 Å². The fraction of sp³-hybridized carbons (Fsp3) is 0.306. The van der Waals surface area contributed by atoms with Gasteiger partial charge in [-0.15, -0.1) is 0 Å². The second-order valence-electron chi connectivity index (χ2n) is 11.3. The largest absolute Gasteiger partial charge is 0.460 e. The van der Waals surface area contributed by atoms with Crippen molar-refractivity contribution in [3.05, 3.63) is 144 Å². The van der Waals surface area contributed by atoms with E-state index in [-0.39, 0.29) is 12.6 Å². The highest BCUT2D eigenvalue weighted by molar-refractivity contribution is 5.78. The fourth-order valence-corrected chi connectivity index (χ4v) is 5.38. The molecule has 1 fully saturated rings. The lowest BCUT2D eigenvalue weighted by molar-refractivity contribution is -0.435. The third-order valence-corrected chi connectivity index (χ3v) is 7.75. The minimum absolute atomic E-state index is 0.155. The van der Waals surface area contributed by atoms with E-state index in [0.717, 1.165) is 22.3 Å². The molecule has 238 valence electrons. The van der Waals surface area contributed by atoms with Gasteiger partial charge in [0.25, 0.3) is 0 Å². The van der Waals surface area contributed by atoms with E-state index in [1.165, 1.54) is 0 Å². The van der Waals surface area contributed by atoms with Crippen LogP contribution in [0.15, 0.2) is 121 Å². The van der Waals surface area contributed by atoms with E-state index in [0.29, 0.717) is 19.3 Å². The van der Waals surface area contributed by atoms with E-state index < -0.39 is 42.4 Å². The molecular weight excluding hydrogens is 576 g/mol. The van der Waals surface area contributed by atoms with Crippen LogP contribution >= 0.6 is 0 Å². The van der Waals surface area contributed by atoms with Gasteiger partial charge in [-0.05, 0) is 41.5 Å². The minimum atomic E-state index is -2.95. The lowest BCUT2D eigenvalue weighted by Gasteiger charge is -2.41. The Morgan fingerprint density at radius 2 is 1.02 bits per heavy atom. The van der Waals surface area contributed by atoms with Crippen LogP contribution in [0.4, 0.5) is 0 Å². The number of rotatable bonds is 10. The molecular formula is C36H40O9. The predicted molar refractivity (Wildman–Crippen MR) is 166 cm³/mol. The zero-order valence-corrected chi connectivity index (χ0v) is 24.8. The van der Waals surface area contributed by atoms with Crippen molar-refractivity contribution in [2.24, 2.45) is 5.41 Å². The molecule has 0 spiro atoms. The minimum Gasteiger partial charge on any atom is -0.460 e. The monoisotopic (exact) mass is 616 g/mol. The van der Waals surface area contributed by atoms with Gasteiger partial charge >= 0.3 is 11.9 Å². The van der Waals surface area contributed by atoms with Crippen LogP contribution in [0.1, 0.15) is 22.3 Å². The topological polar surface area (TPSA) is 157 Å². The van der Waals surface area contributed by atoms with Gasteiger partial charge in [0.2, 0.25) is 0 Å². The average Bonchev–Trinajstić information content (AvgIpc) is 3.06. The van der Waals surface area contributed by atoms with Crippen LogP contribution in [0.3, 0.4) is 0 Å². The van der Waals surface area contributed by atoms with Crippen LogP contribution in [0.2, 0.25) is 0 Å². The van der Waals surface area contributed by atoms with Crippen LogP contribution < -0.4 is 0 Å². The number of hydrogen-bond donors (Lipinski definition) is 6. The van der Waals surface area contributed by atoms with Crippen molar-refractivity contribution in [2.45, 2.75) is 56.3 Å². The maximum absolute atomic E-state index is 13.8. The molecule has 9 heteroatoms. The van der Waals surface area contributed by atoms with Crippen molar-refractivity contribution in [3.63, 3.8) is 0 Å². The SMILES string of the molecule is O=C(OCc1ccccc1)C(Cc1ccccc1)(Cc1ccccc1)Cc1ccccc1.OC[C@H]1OC(O)(O)[C@H](O)[C@@H](O)[C@H]1O. The number of ether oxygens (including phenoxy) is 2. The first-order chi connectivity index (χ1) is 21.6. The van der Waals surface area contributed by atoms with Gasteiger partial charge in [0.1, 0.15) is 24.9 Å². The summed E-state index contributed by atoms with van der Waals surface area (Å²) in [5.41, 5.74) is 3.69. The maximum Gasteiger partial charge on any atom is 0.313 e. The summed E-state index contributed by atoms with van der Waals surface area (Å²) in [6.07, 6.45) is -4.87. The molecule has 4 aromatic carbocycles. The normalized spacial score (nSPS) is 20.8. The highest BCUT2D eigenvalue weighted by atomic mass is 16.8. The molecule has 0 radical (unpaired) electrons. The van der Waals surface area contributed by atoms with Gasteiger partial charge in [0, 0.05) is 0 Å². The zero-order valence-electron chi connectivity index (χ0n) is 24.8. The molecule has 1 saturated heterocycles. The summed E-state index contributed by atoms with van der Waals surface area (Å²) >= 11 is 0. The highest BCUT2D eigenvalue weighted by Gasteiger charge is 2.52. The van der Waals surface area contributed by atoms with E-state index in [4.69, 9.17) is 35.4 Å². The Morgan fingerprint density at radius 3 is 1.40 bits per heavy atom. The second-order valence-corrected chi connectivity index (χ2v) is 11.3. The molecule has 0 aliphatic carbocycles. The molecule has 1 heterocycles. The number of carbonyl (C=O) groups excluding carboxylic acids is 1. The zero-order chi connectivity index (χ0) is 32.3. The Kier molecular flexibility index (Phi) is 12.0. The summed E-state index contributed by atoms with van der Waals surface area (Å²) < 4.78 is 10.3. The van der Waals surface area contributed by atoms with Gasteiger partial charge in [0.05, 0.1) is 12.0 Å². The highest BCUT2D eigenvalue weighted by Crippen LogP contribution is 2.34. The summed E-state index contributed by atoms with van der Waals surface area (Å²) in [6.45, 7) is -0.423. The van der Waals surface area contributed by atoms with Crippen LogP contribution in [0, 0.1) is 5.41 Å². The lowest BCUT2D eigenvalue weighted by atomic mass is 9.72. The predicted octanol–water partition coefficient (Wildman–Crippen LogP) is 2.54. The molecule has 0 bridgehead atoms. The quantitative estimate of drug-likeness (QED) is 0.116. The smallest absolute Gasteiger partial charge is 0.313 e. The molecule has 4 atom stereocenters. The van der Waals surface area contributed by atoms with Crippen molar-refractivity contribution in [1.82, 2.24) is 0 Å². The number of benzene rings is 4. The maximum atomic E-state index is 13.8. The summed E-state index contributed by atoms with van der Waals surface area (Å²) in [7, 11) is 0. The first-order valence-corrected chi connectivity index (χ1v) is 14.7. The van der Waals surface area contributed by atoms with Crippen LogP contribution in [-0.2, 0) is 40.1 Å². The summed E-state index contributed by atoms with van der Waals surface area (Å²) in [5, 5.41) is 53.6. The van der Waals surface area contributed by atoms with E-state index in [9.17, 15) is 4.79 Å². The third-order valence-electron chi connectivity index (χ3n) is 7.75. The fourth-order valence-electron chi connectivity index (χ4n) is 5.38. The molecule has 0 amide bonds. The van der Waals surface area contributed by atoms with Gasteiger partial charge in [0.15, 0.2) is 6.10 Å². The first kappa shape index (κ1) is 34.0. The molecule has 1 aliphatic heterocycles. The number of carbonyl (C=O) groups is 1. The van der Waals surface area contributed by atoms with Crippen molar-refractivity contribution >= 4 is 5.97 Å². The third kappa shape index (κ3) is 9.29. The van der Waals surface area contributed by atoms with Crippen molar-refractivity contribution in [3.8, 4) is 0 Å². The van der Waals surface area contributed by atoms with Crippen LogP contribution in [0.25, 0.3) is 0 Å². The number of hydrogen-bond acceptors (Lipinski definition) is 9. The second kappa shape index (κ2) is 15.9. The lowest BCUT2D eigenvalue weighted by Crippen LogP contribution is -2.65. The summed E-state index contributed by atoms with van der Waals surface area (Å²) in [5.74, 6) is -3.11. The Bertz CT molecular complexity index is 1330. The van der Waals surface area contributed by atoms with Crippen LogP contribution in [-0.4, -0.2) is 73.6 Å². The van der Waals surface area contributed by atoms with Gasteiger partial charge < -0.3 is 40.1 Å². The molecule has 0 saturated carbocycles. The van der Waals surface area contributed by atoms with Gasteiger partial charge in [-0.3, -0.25) is 4.79 Å². The Morgan fingerprint density at radius 1 is 0.644 bits per heavy atom. The molecule has 5 rings (SSSR count). The van der Waals surface area contributed by atoms with Crippen molar-refractivity contribution in [1.29, 1.82) is 0 Å². The summed E-state index contributed by atoms with van der Waals surface area (Å²) in [4.78, 5) is 13.8. The first-order valence-electron chi connectivity index (χ1n) is 14.7. The van der Waals surface area contributed by atoms with Crippen LogP contribution in [0.5, 0.6) is 0 Å². The molecule has 4 aromatic rings. The number of aliphatic hydroxyl groups excluding tert-OH is 4. The molecule has 1 aliphatic rings. The average molecular weight is 617 g/mol. The Hall–Kier alpha value is -3.93. The molecule has 0 aromatic heterocycles. The van der Waals surface area contributed by atoms with Crippen molar-refractivity contribution < 1.29 is 44.9 Å². The number of esters is 1. The number of aliphatic hydroxyl groups is 6. The van der Waals surface area contributed by atoms with Crippen molar-refractivity contribution in [2.75, 3.05) is 6.61 Å². The van der Waals surface area contributed by atoms with Gasteiger partial charge in [-0.25, -0.2) is 0 Å². The standard InChI is InChI=1S/C30H28O2.C6H12O7/c31-29(32-24-28-19-11-4-12-20-28)30(21-25-13-5-1-6-14-25,22-26-15-7-2-8-16-26)23-27-17-9-3-10-18-27;7-1-2-3(8)4(9)5(10)6(11,12)13-2/h1-20H,21-24H2;2-5,7-12H,1H2/t;2-,3+,4+,5-/m.1/s1. The molecule has 45 heavy (non-hydrogen) atoms. The molecule has 9 nitrogen and oxygen atoms in total. The van der Waals surface area contributed by atoms with Gasteiger partial charge in [-0.1, -0.05) is 121 Å². The molecule has 6 N–H and O–H groups in total. The van der Waals surface area contributed by atoms with E-state index >= 15 is 0 Å². The van der Waals surface area contributed by atoms with E-state index in [1.807, 2.05) is 84.9 Å². The molecule has 0 unspecified atom stereocenters. The Balaban J connectivity index is 0.000000297.